The molecule has 6 rings (SSSR count). The number of anilines is 1. The van der Waals surface area contributed by atoms with Crippen molar-refractivity contribution >= 4 is 51.7 Å². The van der Waals surface area contributed by atoms with E-state index in [0.29, 0.717) is 29.0 Å². The second kappa shape index (κ2) is 9.15. The lowest BCUT2D eigenvalue weighted by atomic mass is 9.47. The molecule has 0 spiro atoms. The molecule has 8 heteroatoms. The molecule has 0 radical (unpaired) electrons. The molecule has 2 fully saturated rings. The van der Waals surface area contributed by atoms with Gasteiger partial charge in [-0.1, -0.05) is 24.6 Å². The predicted octanol–water partition coefficient (Wildman–Crippen LogP) is 4.97. The van der Waals surface area contributed by atoms with Gasteiger partial charge in [-0.2, -0.15) is 0 Å². The number of fused-ring (bicyclic) bond motifs is 4. The molecule has 4 aliphatic rings. The summed E-state index contributed by atoms with van der Waals surface area (Å²) in [5.74, 6) is -3.53. The van der Waals surface area contributed by atoms with Crippen LogP contribution in [-0.2, 0) is 19.2 Å². The van der Waals surface area contributed by atoms with Crippen molar-refractivity contribution in [1.29, 1.82) is 0 Å². The molecule has 3 aliphatic carbocycles. The average Bonchev–Trinajstić information content (AvgIpc) is 3.17. The Morgan fingerprint density at radius 2 is 1.74 bits per heavy atom. The highest BCUT2D eigenvalue weighted by atomic mass is 127. The van der Waals surface area contributed by atoms with Gasteiger partial charge in [0.2, 0.25) is 11.8 Å². The van der Waals surface area contributed by atoms with Crippen LogP contribution in [0.4, 0.5) is 5.69 Å². The van der Waals surface area contributed by atoms with Gasteiger partial charge in [0.1, 0.15) is 11.5 Å². The summed E-state index contributed by atoms with van der Waals surface area (Å²) in [6.07, 6.45) is 4.00. The molecule has 6 atom stereocenters. The molecule has 200 valence electrons. The Balaban J connectivity index is 1.53. The second-order valence-corrected chi connectivity index (χ2v) is 12.4. The van der Waals surface area contributed by atoms with Crippen LogP contribution < -0.4 is 9.64 Å². The van der Waals surface area contributed by atoms with Crippen LogP contribution in [0.3, 0.4) is 0 Å². The van der Waals surface area contributed by atoms with Gasteiger partial charge in [0.15, 0.2) is 11.6 Å². The third-order valence-corrected chi connectivity index (χ3v) is 10.00. The zero-order chi connectivity index (χ0) is 27.8. The molecule has 0 bridgehead atoms. The standard InChI is InChI=1S/C31H28INO6/c1-15-13-23(35)21-14-20-18(27(31(21,2)28(15)36)26-22(34)5-4-6-24(26)39-3)11-12-19-25(20)30(38)33(29(19)37)17-9-7-16(32)8-10-17/h4-11,13,19-21,25,27,34H,12,14H2,1-3H3/t19-,20+,21-,25-,27+,31+/m0/s1. The highest BCUT2D eigenvalue weighted by molar-refractivity contribution is 14.1. The quantitative estimate of drug-likeness (QED) is 0.290. The number of hydrogen-bond donors (Lipinski definition) is 1. The van der Waals surface area contributed by atoms with Gasteiger partial charge < -0.3 is 9.84 Å². The summed E-state index contributed by atoms with van der Waals surface area (Å²) in [6.45, 7) is 3.45. The first-order chi connectivity index (χ1) is 18.6. The first-order valence-corrected chi connectivity index (χ1v) is 14.1. The number of methoxy groups -OCH3 is 1. The van der Waals surface area contributed by atoms with Gasteiger partial charge in [0.25, 0.3) is 0 Å². The zero-order valence-corrected chi connectivity index (χ0v) is 24.0. The molecule has 7 nitrogen and oxygen atoms in total. The lowest BCUT2D eigenvalue weighted by Gasteiger charge is -2.53. The van der Waals surface area contributed by atoms with Crippen molar-refractivity contribution in [3.8, 4) is 11.5 Å². The summed E-state index contributed by atoms with van der Waals surface area (Å²) in [6, 6.07) is 12.2. The summed E-state index contributed by atoms with van der Waals surface area (Å²) < 4.78 is 6.65. The Morgan fingerprint density at radius 3 is 2.44 bits per heavy atom. The fourth-order valence-electron chi connectivity index (χ4n) is 7.55. The molecule has 1 saturated carbocycles. The van der Waals surface area contributed by atoms with E-state index in [1.807, 2.05) is 18.2 Å². The number of allylic oxidation sites excluding steroid dienone is 4. The molecule has 0 aromatic heterocycles. The number of phenols is 1. The third kappa shape index (κ3) is 3.59. The van der Waals surface area contributed by atoms with E-state index in [9.17, 15) is 24.3 Å². The van der Waals surface area contributed by atoms with Gasteiger partial charge in [0, 0.05) is 21.0 Å². The number of carbonyl (C=O) groups is 4. The van der Waals surface area contributed by atoms with Crippen molar-refractivity contribution in [3.05, 3.63) is 74.9 Å². The van der Waals surface area contributed by atoms with Crippen LogP contribution >= 0.6 is 22.6 Å². The predicted molar refractivity (Wildman–Crippen MR) is 152 cm³/mol. The highest BCUT2D eigenvalue weighted by Crippen LogP contribution is 2.64. The number of amides is 2. The van der Waals surface area contributed by atoms with Gasteiger partial charge in [-0.25, -0.2) is 0 Å². The van der Waals surface area contributed by atoms with E-state index in [1.54, 1.807) is 44.2 Å². The van der Waals surface area contributed by atoms with Crippen molar-refractivity contribution in [1.82, 2.24) is 0 Å². The smallest absolute Gasteiger partial charge is 0.238 e. The topological polar surface area (TPSA) is 101 Å². The molecular formula is C31H28INO6. The van der Waals surface area contributed by atoms with Crippen LogP contribution in [0.25, 0.3) is 0 Å². The molecule has 1 heterocycles. The van der Waals surface area contributed by atoms with Crippen molar-refractivity contribution < 1.29 is 29.0 Å². The van der Waals surface area contributed by atoms with Crippen LogP contribution in [0.15, 0.2) is 65.8 Å². The van der Waals surface area contributed by atoms with Crippen LogP contribution in [0.1, 0.15) is 38.2 Å². The number of halogens is 1. The number of nitrogens with zero attached hydrogens (tertiary/aromatic N) is 1. The highest BCUT2D eigenvalue weighted by Gasteiger charge is 2.64. The molecule has 0 unspecified atom stereocenters. The molecule has 2 aromatic rings. The van der Waals surface area contributed by atoms with E-state index in [4.69, 9.17) is 4.74 Å². The molecule has 1 N–H and O–H groups in total. The molecule has 2 aromatic carbocycles. The number of imide groups is 1. The molecular weight excluding hydrogens is 609 g/mol. The number of Topliss-reactive ketones (excluding diaryl/α,β-unsaturated/α-hetero) is 1. The maximum Gasteiger partial charge on any atom is 0.238 e. The Kier molecular flexibility index (Phi) is 6.09. The van der Waals surface area contributed by atoms with Crippen molar-refractivity contribution in [2.24, 2.45) is 29.1 Å². The average molecular weight is 637 g/mol. The van der Waals surface area contributed by atoms with E-state index in [-0.39, 0.29) is 35.6 Å². The van der Waals surface area contributed by atoms with E-state index in [2.05, 4.69) is 22.6 Å². The van der Waals surface area contributed by atoms with E-state index in [1.165, 1.54) is 18.1 Å². The largest absolute Gasteiger partial charge is 0.508 e. The number of aromatic hydroxyl groups is 1. The number of phenolic OH excluding ortho intramolecular Hbond substituents is 1. The van der Waals surface area contributed by atoms with Gasteiger partial charge >= 0.3 is 0 Å². The Bertz CT molecular complexity index is 1510. The Morgan fingerprint density at radius 1 is 1.03 bits per heavy atom. The minimum atomic E-state index is -1.18. The summed E-state index contributed by atoms with van der Waals surface area (Å²) in [7, 11) is 1.50. The molecule has 39 heavy (non-hydrogen) atoms. The van der Waals surface area contributed by atoms with Crippen LogP contribution in [0.5, 0.6) is 11.5 Å². The van der Waals surface area contributed by atoms with Gasteiger partial charge in [-0.15, -0.1) is 0 Å². The minimum Gasteiger partial charge on any atom is -0.508 e. The summed E-state index contributed by atoms with van der Waals surface area (Å²) in [5.41, 5.74) is 0.977. The Labute approximate surface area is 240 Å². The number of ketones is 2. The number of rotatable bonds is 3. The van der Waals surface area contributed by atoms with Crippen LogP contribution in [-0.4, -0.2) is 35.6 Å². The SMILES string of the molecule is COc1cccc(O)c1[C@H]1C2=CC[C@@H]3C(=O)N(c4ccc(I)cc4)C(=O)[C@@H]3[C@@H]2C[C@H]2C(=O)C=C(C)C(=O)[C@@]12C. The van der Waals surface area contributed by atoms with Gasteiger partial charge in [-0.3, -0.25) is 24.1 Å². The van der Waals surface area contributed by atoms with Gasteiger partial charge in [-0.05, 0) is 96.3 Å². The summed E-state index contributed by atoms with van der Waals surface area (Å²) >= 11 is 2.18. The number of hydrogen-bond acceptors (Lipinski definition) is 6. The fourth-order valence-corrected chi connectivity index (χ4v) is 7.91. The van der Waals surface area contributed by atoms with Crippen LogP contribution in [0.2, 0.25) is 0 Å². The number of ether oxygens (including phenoxy) is 1. The van der Waals surface area contributed by atoms with E-state index in [0.717, 1.165) is 9.14 Å². The first-order valence-electron chi connectivity index (χ1n) is 13.1. The van der Waals surface area contributed by atoms with Crippen LogP contribution in [0, 0.1) is 32.7 Å². The van der Waals surface area contributed by atoms with E-state index < -0.39 is 35.0 Å². The number of benzene rings is 2. The fraction of sp³-hybridized carbons (Fsp3) is 0.355. The maximum atomic E-state index is 14.0. The van der Waals surface area contributed by atoms with Crippen molar-refractivity contribution in [2.75, 3.05) is 12.0 Å². The lowest BCUT2D eigenvalue weighted by Crippen LogP contribution is -2.54. The minimum absolute atomic E-state index is 0.0372. The van der Waals surface area contributed by atoms with Crippen molar-refractivity contribution in [3.63, 3.8) is 0 Å². The summed E-state index contributed by atoms with van der Waals surface area (Å²) in [4.78, 5) is 56.3. The third-order valence-electron chi connectivity index (χ3n) is 9.28. The van der Waals surface area contributed by atoms with E-state index >= 15 is 0 Å². The number of carbonyl (C=O) groups excluding carboxylic acids is 4. The summed E-state index contributed by atoms with van der Waals surface area (Å²) in [5, 5.41) is 11.1. The molecule has 2 amide bonds. The van der Waals surface area contributed by atoms with Gasteiger partial charge in [0.05, 0.1) is 30.0 Å². The first kappa shape index (κ1) is 26.0. The maximum absolute atomic E-state index is 14.0. The monoisotopic (exact) mass is 637 g/mol. The molecule has 1 aliphatic heterocycles. The lowest BCUT2D eigenvalue weighted by molar-refractivity contribution is -0.141. The van der Waals surface area contributed by atoms with Crippen molar-refractivity contribution in [2.45, 2.75) is 32.6 Å². The molecule has 1 saturated heterocycles. The Hall–Kier alpha value is -3.27. The zero-order valence-electron chi connectivity index (χ0n) is 21.8. The second-order valence-electron chi connectivity index (χ2n) is 11.1. The normalized spacial score (nSPS) is 31.8.